The maximum Gasteiger partial charge on any atom is 0.145 e. The predicted molar refractivity (Wildman–Crippen MR) is 86.3 cm³/mol. The molecule has 0 spiro atoms. The number of rotatable bonds is 5. The van der Waals surface area contributed by atoms with Crippen molar-refractivity contribution in [2.75, 3.05) is 17.2 Å². The van der Waals surface area contributed by atoms with Gasteiger partial charge < -0.3 is 10.6 Å². The van der Waals surface area contributed by atoms with Gasteiger partial charge in [-0.05, 0) is 46.6 Å². The Morgan fingerprint density at radius 2 is 1.86 bits per heavy atom. The fourth-order valence-corrected chi connectivity index (χ4v) is 2.61. The second-order valence-corrected chi connectivity index (χ2v) is 5.66. The number of hydrogen-bond acceptors (Lipinski definition) is 2. The van der Waals surface area contributed by atoms with Crippen LogP contribution in [0.4, 0.5) is 20.2 Å². The van der Waals surface area contributed by atoms with E-state index in [1.54, 1.807) is 6.07 Å². The molecule has 0 atom stereocenters. The Kier molecular flexibility index (Phi) is 5.17. The van der Waals surface area contributed by atoms with Crippen molar-refractivity contribution in [3.63, 3.8) is 0 Å². The van der Waals surface area contributed by atoms with E-state index >= 15 is 0 Å². The van der Waals surface area contributed by atoms with Gasteiger partial charge >= 0.3 is 0 Å². The number of nitrogen functional groups attached to an aromatic ring is 1. The Balaban J connectivity index is 2.38. The molecule has 2 aromatic carbocycles. The minimum atomic E-state index is -0.564. The van der Waals surface area contributed by atoms with Crippen molar-refractivity contribution >= 4 is 27.3 Å². The predicted octanol–water partition coefficient (Wildman–Crippen LogP) is 4.73. The fraction of sp³-hybridized carbons (Fsp3) is 0.250. The molecule has 2 rings (SSSR count). The van der Waals surface area contributed by atoms with Crippen LogP contribution in [0.15, 0.2) is 40.9 Å². The van der Waals surface area contributed by atoms with Gasteiger partial charge in [-0.1, -0.05) is 19.1 Å². The molecule has 0 fully saturated rings. The lowest BCUT2D eigenvalue weighted by Gasteiger charge is -2.26. The zero-order valence-corrected chi connectivity index (χ0v) is 13.3. The van der Waals surface area contributed by atoms with Crippen molar-refractivity contribution in [2.24, 2.45) is 0 Å². The summed E-state index contributed by atoms with van der Waals surface area (Å²) in [5.41, 5.74) is 7.40. The summed E-state index contributed by atoms with van der Waals surface area (Å²) < 4.78 is 28.3. The lowest BCUT2D eigenvalue weighted by atomic mass is 10.1. The second kappa shape index (κ2) is 6.89. The minimum absolute atomic E-state index is 0.0427. The van der Waals surface area contributed by atoms with Gasteiger partial charge in [-0.25, -0.2) is 8.78 Å². The monoisotopic (exact) mass is 354 g/mol. The Morgan fingerprint density at radius 3 is 2.52 bits per heavy atom. The Labute approximate surface area is 131 Å². The topological polar surface area (TPSA) is 29.3 Å². The van der Waals surface area contributed by atoms with E-state index in [4.69, 9.17) is 5.73 Å². The van der Waals surface area contributed by atoms with E-state index < -0.39 is 11.6 Å². The van der Waals surface area contributed by atoms with Crippen molar-refractivity contribution < 1.29 is 8.78 Å². The van der Waals surface area contributed by atoms with Crippen LogP contribution in [0.1, 0.15) is 18.9 Å². The normalized spacial score (nSPS) is 10.7. The van der Waals surface area contributed by atoms with Crippen LogP contribution in [0.5, 0.6) is 0 Å². The molecule has 0 heterocycles. The number of halogens is 3. The van der Waals surface area contributed by atoms with Crippen molar-refractivity contribution in [1.82, 2.24) is 0 Å². The molecule has 0 aliphatic heterocycles. The van der Waals surface area contributed by atoms with Gasteiger partial charge in [-0.3, -0.25) is 0 Å². The molecule has 21 heavy (non-hydrogen) atoms. The highest BCUT2D eigenvalue weighted by atomic mass is 79.9. The third-order valence-corrected chi connectivity index (χ3v) is 3.87. The van der Waals surface area contributed by atoms with Crippen molar-refractivity contribution in [2.45, 2.75) is 19.9 Å². The van der Waals surface area contributed by atoms with Gasteiger partial charge in [0.2, 0.25) is 0 Å². The molecule has 2 N–H and O–H groups in total. The molecule has 0 aliphatic carbocycles. The first-order chi connectivity index (χ1) is 10.0. The molecule has 0 radical (unpaired) electrons. The van der Waals surface area contributed by atoms with Gasteiger partial charge in [0.25, 0.3) is 0 Å². The highest BCUT2D eigenvalue weighted by molar-refractivity contribution is 9.10. The van der Waals surface area contributed by atoms with E-state index in [0.717, 1.165) is 12.1 Å². The molecule has 0 saturated carbocycles. The van der Waals surface area contributed by atoms with E-state index in [2.05, 4.69) is 15.9 Å². The van der Waals surface area contributed by atoms with E-state index in [-0.39, 0.29) is 16.6 Å². The molecule has 0 unspecified atom stereocenters. The number of anilines is 2. The van der Waals surface area contributed by atoms with Crippen LogP contribution in [0.25, 0.3) is 0 Å². The summed E-state index contributed by atoms with van der Waals surface area (Å²) in [5.74, 6) is -1.11. The van der Waals surface area contributed by atoms with Gasteiger partial charge in [0.15, 0.2) is 0 Å². The van der Waals surface area contributed by atoms with Crippen LogP contribution >= 0.6 is 15.9 Å². The van der Waals surface area contributed by atoms with Crippen molar-refractivity contribution in [1.29, 1.82) is 0 Å². The third kappa shape index (κ3) is 3.53. The molecule has 112 valence electrons. The van der Waals surface area contributed by atoms with Crippen molar-refractivity contribution in [3.8, 4) is 0 Å². The van der Waals surface area contributed by atoms with Crippen LogP contribution < -0.4 is 10.6 Å². The molecular weight excluding hydrogens is 338 g/mol. The molecule has 0 saturated heterocycles. The zero-order valence-electron chi connectivity index (χ0n) is 11.7. The maximum atomic E-state index is 14.1. The molecule has 0 aromatic heterocycles. The molecule has 2 nitrogen and oxygen atoms in total. The van der Waals surface area contributed by atoms with Crippen LogP contribution in [-0.2, 0) is 6.54 Å². The summed E-state index contributed by atoms with van der Waals surface area (Å²) in [6.07, 6.45) is 0.853. The summed E-state index contributed by atoms with van der Waals surface area (Å²) in [4.78, 5) is 1.89. The largest absolute Gasteiger partial charge is 0.397 e. The summed E-state index contributed by atoms with van der Waals surface area (Å²) in [7, 11) is 0. The minimum Gasteiger partial charge on any atom is -0.397 e. The molecule has 0 bridgehead atoms. The van der Waals surface area contributed by atoms with Gasteiger partial charge in [0, 0.05) is 18.7 Å². The van der Waals surface area contributed by atoms with Gasteiger partial charge in [0.1, 0.15) is 11.6 Å². The Bertz CT molecular complexity index is 632. The lowest BCUT2D eigenvalue weighted by molar-refractivity contribution is 0.545. The number of hydrogen-bond donors (Lipinski definition) is 1. The fourth-order valence-electron chi connectivity index (χ4n) is 2.23. The summed E-state index contributed by atoms with van der Waals surface area (Å²) in [6, 6.07) is 9.98. The lowest BCUT2D eigenvalue weighted by Crippen LogP contribution is -2.25. The van der Waals surface area contributed by atoms with Crippen LogP contribution in [0.3, 0.4) is 0 Å². The van der Waals surface area contributed by atoms with Crippen LogP contribution in [0.2, 0.25) is 0 Å². The first kappa shape index (κ1) is 15.8. The van der Waals surface area contributed by atoms with Gasteiger partial charge in [-0.15, -0.1) is 0 Å². The quantitative estimate of drug-likeness (QED) is 0.621. The molecule has 5 heteroatoms. The standard InChI is InChI=1S/C16H17BrF2N2/c1-2-9-21(15-6-4-3-5-14(15)20)10-11-13(18)8-7-12(17)16(11)19/h3-8H,2,9-10,20H2,1H3. The number of para-hydroxylation sites is 2. The highest BCUT2D eigenvalue weighted by Crippen LogP contribution is 2.28. The molecule has 2 aromatic rings. The van der Waals surface area contributed by atoms with Gasteiger partial charge in [0.05, 0.1) is 15.8 Å². The first-order valence-electron chi connectivity index (χ1n) is 6.76. The van der Waals surface area contributed by atoms with E-state index in [1.165, 1.54) is 12.1 Å². The Hall–Kier alpha value is -1.62. The second-order valence-electron chi connectivity index (χ2n) is 4.80. The molecule has 0 aliphatic rings. The molecular formula is C16H17BrF2N2. The third-order valence-electron chi connectivity index (χ3n) is 3.26. The van der Waals surface area contributed by atoms with Crippen molar-refractivity contribution in [3.05, 3.63) is 58.1 Å². The summed E-state index contributed by atoms with van der Waals surface area (Å²) in [6.45, 7) is 2.82. The zero-order chi connectivity index (χ0) is 15.4. The Morgan fingerprint density at radius 1 is 1.14 bits per heavy atom. The smallest absolute Gasteiger partial charge is 0.145 e. The summed E-state index contributed by atoms with van der Waals surface area (Å²) in [5, 5.41) is 0. The first-order valence-corrected chi connectivity index (χ1v) is 7.55. The number of nitrogens with zero attached hydrogens (tertiary/aromatic N) is 1. The summed E-state index contributed by atoms with van der Waals surface area (Å²) >= 11 is 3.09. The number of benzene rings is 2. The van der Waals surface area contributed by atoms with E-state index in [0.29, 0.717) is 12.2 Å². The average Bonchev–Trinajstić information content (AvgIpc) is 2.47. The van der Waals surface area contributed by atoms with E-state index in [1.807, 2.05) is 30.0 Å². The van der Waals surface area contributed by atoms with Gasteiger partial charge in [-0.2, -0.15) is 0 Å². The van der Waals surface area contributed by atoms with Crippen LogP contribution in [0, 0.1) is 11.6 Å². The van der Waals surface area contributed by atoms with E-state index in [9.17, 15) is 8.78 Å². The maximum absolute atomic E-state index is 14.1. The average molecular weight is 355 g/mol. The SMILES string of the molecule is CCCN(Cc1c(F)ccc(Br)c1F)c1ccccc1N. The molecule has 0 amide bonds. The number of nitrogens with two attached hydrogens (primary N) is 1. The highest BCUT2D eigenvalue weighted by Gasteiger charge is 2.17. The van der Waals surface area contributed by atoms with Crippen LogP contribution in [-0.4, -0.2) is 6.54 Å².